The average molecular weight is 392 g/mol. The molecule has 26 heavy (non-hydrogen) atoms. The molecule has 3 aromatic rings. The minimum atomic E-state index is -0.429. The third-order valence-electron chi connectivity index (χ3n) is 3.56. The van der Waals surface area contributed by atoms with Gasteiger partial charge in [0.15, 0.2) is 11.0 Å². The zero-order valence-electron chi connectivity index (χ0n) is 14.4. The summed E-state index contributed by atoms with van der Waals surface area (Å²) in [5, 5.41) is 20.1. The van der Waals surface area contributed by atoms with Crippen LogP contribution in [0.1, 0.15) is 18.9 Å². The van der Waals surface area contributed by atoms with Crippen LogP contribution >= 0.6 is 23.1 Å². The van der Waals surface area contributed by atoms with Crippen molar-refractivity contribution in [3.05, 3.63) is 35.1 Å². The fourth-order valence-electron chi connectivity index (χ4n) is 2.27. The summed E-state index contributed by atoms with van der Waals surface area (Å²) >= 11 is 2.57. The first-order chi connectivity index (χ1) is 12.5. The zero-order chi connectivity index (χ0) is 18.7. The lowest BCUT2D eigenvalue weighted by molar-refractivity contribution is -0.115. The van der Waals surface area contributed by atoms with E-state index in [-0.39, 0.29) is 11.7 Å². The zero-order valence-corrected chi connectivity index (χ0v) is 16.1. The topological polar surface area (TPSA) is 85.6 Å². The van der Waals surface area contributed by atoms with Gasteiger partial charge >= 0.3 is 0 Å². The van der Waals surface area contributed by atoms with E-state index >= 15 is 0 Å². The molecule has 1 amide bonds. The quantitative estimate of drug-likeness (QED) is 0.647. The first-order valence-corrected chi connectivity index (χ1v) is 9.65. The van der Waals surface area contributed by atoms with Crippen molar-refractivity contribution in [3.8, 4) is 11.4 Å². The maximum absolute atomic E-state index is 14.1. The van der Waals surface area contributed by atoms with E-state index in [4.69, 9.17) is 0 Å². The van der Waals surface area contributed by atoms with E-state index in [1.165, 1.54) is 29.2 Å². The number of carbonyl (C=O) groups is 1. The number of hydrogen-bond donors (Lipinski definition) is 1. The Morgan fingerprint density at radius 1 is 1.31 bits per heavy atom. The fraction of sp³-hybridized carbons (Fsp3) is 0.312. The third-order valence-corrected chi connectivity index (χ3v) is 5.39. The van der Waals surface area contributed by atoms with Gasteiger partial charge in [0.05, 0.1) is 10.8 Å². The lowest BCUT2D eigenvalue weighted by Gasteiger charge is -2.11. The van der Waals surface area contributed by atoms with Gasteiger partial charge in [-0.2, -0.15) is 0 Å². The Morgan fingerprint density at radius 3 is 2.73 bits per heavy atom. The van der Waals surface area contributed by atoms with Crippen molar-refractivity contribution in [2.75, 3.05) is 5.32 Å². The predicted molar refractivity (Wildman–Crippen MR) is 99.7 cm³/mol. The molecule has 0 aliphatic heterocycles. The van der Waals surface area contributed by atoms with Gasteiger partial charge in [0.2, 0.25) is 11.0 Å². The Hall–Kier alpha value is -2.33. The minimum Gasteiger partial charge on any atom is -0.302 e. The number of aromatic nitrogens is 5. The van der Waals surface area contributed by atoms with Crippen molar-refractivity contribution in [1.82, 2.24) is 25.0 Å². The molecule has 2 heterocycles. The van der Waals surface area contributed by atoms with E-state index in [1.54, 1.807) is 29.7 Å². The molecule has 0 spiro atoms. The van der Waals surface area contributed by atoms with Gasteiger partial charge < -0.3 is 4.57 Å². The molecule has 0 saturated carbocycles. The van der Waals surface area contributed by atoms with Crippen molar-refractivity contribution < 1.29 is 9.18 Å². The summed E-state index contributed by atoms with van der Waals surface area (Å²) < 4.78 is 15.9. The number of thioether (sulfide) groups is 1. The molecule has 1 N–H and O–H groups in total. The largest absolute Gasteiger partial charge is 0.302 e. The molecule has 0 fully saturated rings. The van der Waals surface area contributed by atoms with Crippen LogP contribution in [-0.2, 0) is 11.3 Å². The first-order valence-electron chi connectivity index (χ1n) is 7.95. The Kier molecular flexibility index (Phi) is 5.62. The SMILES string of the molecule is CCn1c(S[C@@H](C)C(=O)Nc2nnc(C)s2)nnc1-c1ccccc1F. The van der Waals surface area contributed by atoms with Crippen LogP contribution in [0, 0.1) is 12.7 Å². The van der Waals surface area contributed by atoms with Crippen LogP contribution < -0.4 is 5.32 Å². The van der Waals surface area contributed by atoms with Gasteiger partial charge in [-0.25, -0.2) is 4.39 Å². The summed E-state index contributed by atoms with van der Waals surface area (Å²) in [7, 11) is 0. The molecule has 2 aromatic heterocycles. The van der Waals surface area contributed by atoms with Crippen LogP contribution in [0.15, 0.2) is 29.4 Å². The molecule has 10 heteroatoms. The maximum atomic E-state index is 14.1. The number of carbonyl (C=O) groups excluding carboxylic acids is 1. The van der Waals surface area contributed by atoms with Crippen LogP contribution in [0.3, 0.4) is 0 Å². The standard InChI is InChI=1S/C16H17FN6OS2/c1-4-23-13(11-7-5-6-8-12(11)17)20-22-16(23)25-9(2)14(24)18-15-21-19-10(3)26-15/h5-9H,4H2,1-3H3,(H,18,21,24)/t9-/m0/s1. The average Bonchev–Trinajstić information content (AvgIpc) is 3.21. The normalized spacial score (nSPS) is 12.2. The van der Waals surface area contributed by atoms with Crippen LogP contribution in [0.4, 0.5) is 9.52 Å². The highest BCUT2D eigenvalue weighted by atomic mass is 32.2. The van der Waals surface area contributed by atoms with Gasteiger partial charge in [-0.1, -0.05) is 35.2 Å². The van der Waals surface area contributed by atoms with Crippen molar-refractivity contribution in [2.24, 2.45) is 0 Å². The van der Waals surface area contributed by atoms with E-state index in [2.05, 4.69) is 25.7 Å². The van der Waals surface area contributed by atoms with Crippen molar-refractivity contribution in [3.63, 3.8) is 0 Å². The van der Waals surface area contributed by atoms with E-state index in [1.807, 2.05) is 13.8 Å². The van der Waals surface area contributed by atoms with Gasteiger partial charge in [-0.3, -0.25) is 10.1 Å². The Bertz CT molecular complexity index is 925. The fourth-order valence-corrected chi connectivity index (χ4v) is 3.78. The second-order valence-corrected chi connectivity index (χ2v) is 7.90. The molecule has 1 aromatic carbocycles. The monoisotopic (exact) mass is 392 g/mol. The molecule has 0 aliphatic carbocycles. The van der Waals surface area contributed by atoms with Gasteiger partial charge in [0.1, 0.15) is 10.8 Å². The van der Waals surface area contributed by atoms with E-state index in [0.717, 1.165) is 5.01 Å². The molecule has 136 valence electrons. The van der Waals surface area contributed by atoms with Gasteiger partial charge in [0, 0.05) is 6.54 Å². The van der Waals surface area contributed by atoms with Crippen LogP contribution in [-0.4, -0.2) is 36.1 Å². The Balaban J connectivity index is 1.77. The Labute approximate surface area is 158 Å². The van der Waals surface area contributed by atoms with Crippen molar-refractivity contribution in [2.45, 2.75) is 37.7 Å². The number of benzene rings is 1. The third kappa shape index (κ3) is 3.91. The van der Waals surface area contributed by atoms with E-state index < -0.39 is 5.25 Å². The van der Waals surface area contributed by atoms with E-state index in [0.29, 0.717) is 28.2 Å². The van der Waals surface area contributed by atoms with E-state index in [9.17, 15) is 9.18 Å². The number of nitrogens with one attached hydrogen (secondary N) is 1. The maximum Gasteiger partial charge on any atom is 0.239 e. The molecule has 0 radical (unpaired) electrons. The number of halogens is 1. The summed E-state index contributed by atoms with van der Waals surface area (Å²) in [6, 6.07) is 6.42. The number of aryl methyl sites for hydroxylation is 1. The van der Waals surface area contributed by atoms with Crippen molar-refractivity contribution >= 4 is 34.1 Å². The lowest BCUT2D eigenvalue weighted by Crippen LogP contribution is -2.22. The highest BCUT2D eigenvalue weighted by Crippen LogP contribution is 2.28. The van der Waals surface area contributed by atoms with Gasteiger partial charge in [-0.05, 0) is 32.9 Å². The van der Waals surface area contributed by atoms with Crippen LogP contribution in [0.2, 0.25) is 0 Å². The van der Waals surface area contributed by atoms with Crippen LogP contribution in [0.5, 0.6) is 0 Å². The minimum absolute atomic E-state index is 0.204. The summed E-state index contributed by atoms with van der Waals surface area (Å²) in [4.78, 5) is 12.3. The highest BCUT2D eigenvalue weighted by molar-refractivity contribution is 8.00. The number of hydrogen-bond acceptors (Lipinski definition) is 7. The molecule has 0 saturated heterocycles. The predicted octanol–water partition coefficient (Wildman–Crippen LogP) is 3.38. The molecular formula is C16H17FN6OS2. The molecule has 0 unspecified atom stereocenters. The number of nitrogens with zero attached hydrogens (tertiary/aromatic N) is 5. The number of amides is 1. The summed E-state index contributed by atoms with van der Waals surface area (Å²) in [6.45, 7) is 6.07. The molecule has 0 bridgehead atoms. The molecule has 0 aliphatic rings. The van der Waals surface area contributed by atoms with Gasteiger partial charge in [0.25, 0.3) is 0 Å². The highest BCUT2D eigenvalue weighted by Gasteiger charge is 2.22. The molecule has 7 nitrogen and oxygen atoms in total. The summed E-state index contributed by atoms with van der Waals surface area (Å²) in [6.07, 6.45) is 0. The molecule has 3 rings (SSSR count). The summed E-state index contributed by atoms with van der Waals surface area (Å²) in [5.74, 6) is -0.117. The molecule has 1 atom stereocenters. The second kappa shape index (κ2) is 7.92. The second-order valence-electron chi connectivity index (χ2n) is 5.41. The lowest BCUT2D eigenvalue weighted by atomic mass is 10.2. The Morgan fingerprint density at radius 2 is 2.08 bits per heavy atom. The first kappa shape index (κ1) is 18.5. The number of rotatable bonds is 6. The number of anilines is 1. The molecular weight excluding hydrogens is 375 g/mol. The summed E-state index contributed by atoms with van der Waals surface area (Å²) in [5.41, 5.74) is 0.384. The smallest absolute Gasteiger partial charge is 0.239 e. The van der Waals surface area contributed by atoms with Crippen molar-refractivity contribution in [1.29, 1.82) is 0 Å². The van der Waals surface area contributed by atoms with Gasteiger partial charge in [-0.15, -0.1) is 20.4 Å². The van der Waals surface area contributed by atoms with Crippen LogP contribution in [0.25, 0.3) is 11.4 Å².